The Balaban J connectivity index is 1.63. The van der Waals surface area contributed by atoms with Gasteiger partial charge in [0.05, 0.1) is 4.92 Å². The van der Waals surface area contributed by atoms with E-state index >= 15 is 0 Å². The van der Waals surface area contributed by atoms with Crippen LogP contribution in [0.5, 0.6) is 5.75 Å². The molecule has 16 heteroatoms. The van der Waals surface area contributed by atoms with Gasteiger partial charge in [0.1, 0.15) is 29.5 Å². The number of anilines is 1. The number of amides is 5. The number of alkyl carbamates (subject to hydrolysis) is 1. The number of non-ortho nitro benzene ring substituents is 1. The van der Waals surface area contributed by atoms with E-state index < -0.39 is 52.2 Å². The van der Waals surface area contributed by atoms with Gasteiger partial charge in [0.15, 0.2) is 0 Å². The fourth-order valence-electron chi connectivity index (χ4n) is 4.63. The number of nitrogens with two attached hydrogens (primary N) is 1. The number of primary amides is 1. The van der Waals surface area contributed by atoms with Gasteiger partial charge in [-0.05, 0) is 75.3 Å². The van der Waals surface area contributed by atoms with Crippen LogP contribution in [-0.4, -0.2) is 58.7 Å². The Morgan fingerprint density at radius 1 is 1.04 bits per heavy atom. The first kappa shape index (κ1) is 36.1. The molecule has 0 heterocycles. The largest absolute Gasteiger partial charge is 0.514 e. The van der Waals surface area contributed by atoms with Gasteiger partial charge in [0.2, 0.25) is 11.8 Å². The summed E-state index contributed by atoms with van der Waals surface area (Å²) >= 11 is 0. The van der Waals surface area contributed by atoms with E-state index in [0.29, 0.717) is 17.7 Å². The lowest BCUT2D eigenvalue weighted by molar-refractivity contribution is -0.384. The van der Waals surface area contributed by atoms with E-state index in [9.17, 15) is 34.1 Å². The summed E-state index contributed by atoms with van der Waals surface area (Å²) in [6, 6.07) is 9.60. The van der Waals surface area contributed by atoms with Crippen molar-refractivity contribution in [3.63, 3.8) is 0 Å². The van der Waals surface area contributed by atoms with Crippen molar-refractivity contribution in [1.82, 2.24) is 16.0 Å². The predicted molar refractivity (Wildman–Crippen MR) is 168 cm³/mol. The molecule has 16 nitrogen and oxygen atoms in total. The summed E-state index contributed by atoms with van der Waals surface area (Å²) in [4.78, 5) is 72.8. The summed E-state index contributed by atoms with van der Waals surface area (Å²) in [5.74, 6) is -1.66. The second-order valence-corrected chi connectivity index (χ2v) is 12.4. The molecule has 0 bridgehead atoms. The van der Waals surface area contributed by atoms with Gasteiger partial charge in [-0.2, -0.15) is 0 Å². The summed E-state index contributed by atoms with van der Waals surface area (Å²) in [7, 11) is 0. The van der Waals surface area contributed by atoms with Crippen molar-refractivity contribution in [2.75, 3.05) is 11.9 Å². The minimum Gasteiger partial charge on any atom is -0.444 e. The quantitative estimate of drug-likeness (QED) is 0.0907. The summed E-state index contributed by atoms with van der Waals surface area (Å²) in [5.41, 5.74) is 3.88. The molecule has 5 amide bonds. The van der Waals surface area contributed by atoms with Gasteiger partial charge < -0.3 is 41.2 Å². The van der Waals surface area contributed by atoms with Gasteiger partial charge in [-0.1, -0.05) is 26.0 Å². The third-order valence-corrected chi connectivity index (χ3v) is 7.09. The molecule has 6 N–H and O–H groups in total. The SMILES string of the molecule is CC(C)[C@H](NC(=O)OC(C)(C)C)C(=O)NC1(C(=O)Nc2ccc(COC(=O)Oc3ccc([N+](=O)[O-])cc3)cc2)CC1CCNC(N)=O. The van der Waals surface area contributed by atoms with E-state index in [4.69, 9.17) is 19.9 Å². The van der Waals surface area contributed by atoms with E-state index in [1.165, 1.54) is 24.3 Å². The molecule has 254 valence electrons. The summed E-state index contributed by atoms with van der Waals surface area (Å²) < 4.78 is 15.4. The average molecular weight is 657 g/mol. The fraction of sp³-hybridized carbons (Fsp3) is 0.452. The molecule has 0 radical (unpaired) electrons. The van der Waals surface area contributed by atoms with Crippen molar-refractivity contribution >= 4 is 41.5 Å². The molecule has 1 fully saturated rings. The summed E-state index contributed by atoms with van der Waals surface area (Å²) in [6.45, 7) is 8.62. The van der Waals surface area contributed by atoms with E-state index in [2.05, 4.69) is 21.3 Å². The smallest absolute Gasteiger partial charge is 0.444 e. The molecule has 0 spiro atoms. The zero-order chi connectivity index (χ0) is 34.9. The van der Waals surface area contributed by atoms with Crippen molar-refractivity contribution in [2.45, 2.75) is 71.2 Å². The first-order valence-electron chi connectivity index (χ1n) is 14.8. The second kappa shape index (κ2) is 15.2. The number of nitro groups is 1. The number of urea groups is 1. The molecule has 0 aliphatic heterocycles. The van der Waals surface area contributed by atoms with Crippen molar-refractivity contribution in [3.8, 4) is 5.75 Å². The number of rotatable bonds is 13. The van der Waals surface area contributed by atoms with Crippen LogP contribution in [0.2, 0.25) is 0 Å². The highest BCUT2D eigenvalue weighted by Gasteiger charge is 2.61. The number of carbonyl (C=O) groups excluding carboxylic acids is 5. The predicted octanol–water partition coefficient (Wildman–Crippen LogP) is 3.73. The third-order valence-electron chi connectivity index (χ3n) is 7.09. The van der Waals surface area contributed by atoms with E-state index in [1.54, 1.807) is 58.9 Å². The average Bonchev–Trinajstić information content (AvgIpc) is 3.67. The van der Waals surface area contributed by atoms with Gasteiger partial charge in [-0.3, -0.25) is 19.7 Å². The third kappa shape index (κ3) is 10.9. The Labute approximate surface area is 271 Å². The topological polar surface area (TPSA) is 230 Å². The molecule has 1 aliphatic carbocycles. The number of nitrogens with zero attached hydrogens (tertiary/aromatic N) is 1. The van der Waals surface area contributed by atoms with Crippen LogP contribution in [0, 0.1) is 22.0 Å². The minimum atomic E-state index is -1.32. The zero-order valence-corrected chi connectivity index (χ0v) is 26.8. The van der Waals surface area contributed by atoms with E-state index in [-0.39, 0.29) is 42.8 Å². The number of benzene rings is 2. The normalized spacial score (nSPS) is 17.4. The number of ether oxygens (including phenoxy) is 3. The summed E-state index contributed by atoms with van der Waals surface area (Å²) in [5, 5.41) is 21.4. The van der Waals surface area contributed by atoms with Crippen LogP contribution in [0.1, 0.15) is 53.0 Å². The van der Waals surface area contributed by atoms with Gasteiger partial charge in [0, 0.05) is 24.4 Å². The van der Waals surface area contributed by atoms with E-state index in [0.717, 1.165) is 0 Å². The highest BCUT2D eigenvalue weighted by atomic mass is 16.7. The van der Waals surface area contributed by atoms with Gasteiger partial charge in [0.25, 0.3) is 5.69 Å². The summed E-state index contributed by atoms with van der Waals surface area (Å²) in [6.07, 6.45) is -1.15. The fourth-order valence-corrected chi connectivity index (χ4v) is 4.63. The lowest BCUT2D eigenvalue weighted by Crippen LogP contribution is -2.57. The Morgan fingerprint density at radius 3 is 2.23 bits per heavy atom. The lowest BCUT2D eigenvalue weighted by atomic mass is 10.0. The lowest BCUT2D eigenvalue weighted by Gasteiger charge is -2.27. The van der Waals surface area contributed by atoms with Crippen LogP contribution < -0.4 is 31.7 Å². The van der Waals surface area contributed by atoms with Gasteiger partial charge in [-0.15, -0.1) is 0 Å². The molecule has 3 atom stereocenters. The molecule has 0 saturated heterocycles. The number of hydrogen-bond acceptors (Lipinski definition) is 10. The number of nitro benzene ring substituents is 1. The van der Waals surface area contributed by atoms with Crippen molar-refractivity contribution < 1.29 is 43.1 Å². The van der Waals surface area contributed by atoms with Gasteiger partial charge in [-0.25, -0.2) is 14.4 Å². The van der Waals surface area contributed by atoms with Crippen molar-refractivity contribution in [1.29, 1.82) is 0 Å². The maximum Gasteiger partial charge on any atom is 0.514 e. The Morgan fingerprint density at radius 2 is 1.68 bits per heavy atom. The maximum atomic E-state index is 13.6. The van der Waals surface area contributed by atoms with Gasteiger partial charge >= 0.3 is 18.3 Å². The molecule has 47 heavy (non-hydrogen) atoms. The molecule has 1 aliphatic rings. The number of nitrogens with one attached hydrogen (secondary N) is 4. The molecule has 3 rings (SSSR count). The molecule has 2 unspecified atom stereocenters. The van der Waals surface area contributed by atoms with Crippen molar-refractivity contribution in [2.24, 2.45) is 17.6 Å². The first-order valence-corrected chi connectivity index (χ1v) is 14.8. The molecule has 1 saturated carbocycles. The Hall–Kier alpha value is -5.41. The minimum absolute atomic E-state index is 0.0730. The van der Waals surface area contributed by atoms with Crippen LogP contribution in [0.3, 0.4) is 0 Å². The Kier molecular flexibility index (Phi) is 11.7. The molecule has 2 aromatic carbocycles. The molecule has 0 aromatic heterocycles. The monoisotopic (exact) mass is 656 g/mol. The van der Waals surface area contributed by atoms with Crippen LogP contribution in [-0.2, 0) is 25.7 Å². The second-order valence-electron chi connectivity index (χ2n) is 12.4. The standard InChI is InChI=1S/C31H40N6O10/c1-18(2)24(35-28(41)47-30(3,4)5)25(38)36-31(16-20(31)14-15-33-27(32)40)26(39)34-21-8-6-19(7-9-21)17-45-29(42)46-23-12-10-22(11-13-23)37(43)44/h6-13,18,20,24H,14-17H2,1-5H3,(H,34,39)(H,35,41)(H,36,38)(H3,32,33,40)/t20?,24-,31?/m0/s1. The molecular formula is C31H40N6O10. The van der Waals surface area contributed by atoms with Crippen molar-refractivity contribution in [3.05, 3.63) is 64.2 Å². The highest BCUT2D eigenvalue weighted by Crippen LogP contribution is 2.47. The maximum absolute atomic E-state index is 13.6. The van der Waals surface area contributed by atoms with Crippen LogP contribution in [0.25, 0.3) is 0 Å². The van der Waals surface area contributed by atoms with Crippen LogP contribution in [0.15, 0.2) is 48.5 Å². The van der Waals surface area contributed by atoms with E-state index in [1.807, 2.05) is 0 Å². The molecular weight excluding hydrogens is 616 g/mol. The molecule has 2 aromatic rings. The number of hydrogen-bond donors (Lipinski definition) is 5. The highest BCUT2D eigenvalue weighted by molar-refractivity contribution is 6.04. The zero-order valence-electron chi connectivity index (χ0n) is 26.8. The van der Waals surface area contributed by atoms with Crippen LogP contribution in [0.4, 0.5) is 25.8 Å². The number of carbonyl (C=O) groups is 5. The first-order chi connectivity index (χ1) is 22.0. The Bertz CT molecular complexity index is 1470. The van der Waals surface area contributed by atoms with Crippen LogP contribution >= 0.6 is 0 Å².